The van der Waals surface area contributed by atoms with Gasteiger partial charge in [0.2, 0.25) is 0 Å². The number of alkyl halides is 2. The molecule has 4 aliphatic rings. The summed E-state index contributed by atoms with van der Waals surface area (Å²) in [5.41, 5.74) is 8.05. The molecule has 4 heterocycles. The Hall–Kier alpha value is -2.98. The Morgan fingerprint density at radius 3 is 2.71 bits per heavy atom. The zero-order chi connectivity index (χ0) is 24.0. The predicted octanol–water partition coefficient (Wildman–Crippen LogP) is 3.17. The molecule has 180 valence electrons. The Kier molecular flexibility index (Phi) is 5.81. The Bertz CT molecular complexity index is 1260. The van der Waals surface area contributed by atoms with E-state index < -0.39 is 23.3 Å². The molecule has 0 bridgehead atoms. The maximum absolute atomic E-state index is 14.6. The molecular formula is C24H28F3N7. The molecule has 5 rings (SSSR count). The highest BCUT2D eigenvalue weighted by molar-refractivity contribution is 5.67. The van der Waals surface area contributed by atoms with Gasteiger partial charge in [-0.05, 0) is 46.0 Å². The van der Waals surface area contributed by atoms with E-state index in [1.165, 1.54) is 12.1 Å². The van der Waals surface area contributed by atoms with Crippen molar-refractivity contribution >= 4 is 5.82 Å². The largest absolute Gasteiger partial charge is 0.369 e. The molecule has 1 aromatic carbocycles. The van der Waals surface area contributed by atoms with Crippen LogP contribution in [0.3, 0.4) is 0 Å². The van der Waals surface area contributed by atoms with Gasteiger partial charge in [-0.3, -0.25) is 4.99 Å². The molecule has 0 aromatic heterocycles. The summed E-state index contributed by atoms with van der Waals surface area (Å²) in [6, 6.07) is 5.99. The third kappa shape index (κ3) is 3.94. The molecule has 34 heavy (non-hydrogen) atoms. The Labute approximate surface area is 195 Å². The number of pyridine rings is 1. The molecule has 0 atom stereocenters. The van der Waals surface area contributed by atoms with E-state index in [1.54, 1.807) is 6.92 Å². The SMILES string of the molecule is Cc1nc2n3c(c(C4(N)CCN(C)CC4)cc-2c(=NCc2cccc(C(F)F)c2F)n1)NCC3. The number of aromatic nitrogens is 3. The van der Waals surface area contributed by atoms with Crippen molar-refractivity contribution in [3.63, 3.8) is 0 Å². The van der Waals surface area contributed by atoms with Crippen LogP contribution in [0.4, 0.5) is 19.0 Å². The normalized spacial score (nSPS) is 18.5. The number of hydrogen-bond acceptors (Lipinski definition) is 6. The first-order chi connectivity index (χ1) is 16.3. The van der Waals surface area contributed by atoms with Crippen molar-refractivity contribution in [2.24, 2.45) is 10.7 Å². The van der Waals surface area contributed by atoms with Crippen LogP contribution in [-0.4, -0.2) is 46.1 Å². The van der Waals surface area contributed by atoms with E-state index in [9.17, 15) is 13.2 Å². The van der Waals surface area contributed by atoms with Crippen LogP contribution in [0.15, 0.2) is 29.3 Å². The summed E-state index contributed by atoms with van der Waals surface area (Å²) in [6.45, 7) is 4.97. The fraction of sp³-hybridized carbons (Fsp3) is 0.458. The van der Waals surface area contributed by atoms with Gasteiger partial charge in [-0.2, -0.15) is 0 Å². The summed E-state index contributed by atoms with van der Waals surface area (Å²) in [7, 11) is 2.09. The minimum atomic E-state index is -2.88. The lowest BCUT2D eigenvalue weighted by Gasteiger charge is -2.39. The summed E-state index contributed by atoms with van der Waals surface area (Å²) in [5.74, 6) is 1.31. The number of anilines is 1. The van der Waals surface area contributed by atoms with Crippen molar-refractivity contribution in [2.75, 3.05) is 32.0 Å². The molecular weight excluding hydrogens is 443 g/mol. The maximum atomic E-state index is 14.6. The highest BCUT2D eigenvalue weighted by atomic mass is 19.3. The zero-order valence-corrected chi connectivity index (χ0v) is 19.3. The van der Waals surface area contributed by atoms with Crippen LogP contribution < -0.4 is 16.5 Å². The lowest BCUT2D eigenvalue weighted by molar-refractivity contribution is 0.146. The van der Waals surface area contributed by atoms with Crippen LogP contribution in [0.1, 0.15) is 41.8 Å². The molecule has 7 nitrogen and oxygen atoms in total. The van der Waals surface area contributed by atoms with Crippen molar-refractivity contribution in [3.05, 3.63) is 58.1 Å². The summed E-state index contributed by atoms with van der Waals surface area (Å²) in [6.07, 6.45) is -1.25. The number of hydrogen-bond donors (Lipinski definition) is 2. The first-order valence-corrected chi connectivity index (χ1v) is 11.5. The Morgan fingerprint density at radius 2 is 1.97 bits per heavy atom. The Morgan fingerprint density at radius 1 is 1.21 bits per heavy atom. The lowest BCUT2D eigenvalue weighted by Crippen LogP contribution is -2.47. The van der Waals surface area contributed by atoms with Gasteiger partial charge in [-0.15, -0.1) is 0 Å². The van der Waals surface area contributed by atoms with Gasteiger partial charge < -0.3 is 20.5 Å². The van der Waals surface area contributed by atoms with Crippen LogP contribution in [0, 0.1) is 12.7 Å². The molecule has 4 aliphatic heterocycles. The average Bonchev–Trinajstić information content (AvgIpc) is 3.30. The predicted molar refractivity (Wildman–Crippen MR) is 123 cm³/mol. The molecule has 0 aliphatic carbocycles. The minimum Gasteiger partial charge on any atom is -0.369 e. The number of likely N-dealkylation sites (tertiary alicyclic amines) is 1. The monoisotopic (exact) mass is 471 g/mol. The topological polar surface area (TPSA) is 84.4 Å². The standard InChI is InChI=1S/C24H28F3N7/c1-14-31-21(30-13-15-4-3-5-16(19(15)25)20(26)27)17-12-18(24(28)6-9-33(2)10-7-24)23-29-8-11-34(23)22(17)32-14/h3-5,12,20,29H,6-11,13,28H2,1-2H3. The van der Waals surface area contributed by atoms with Gasteiger partial charge in [0.1, 0.15) is 23.3 Å². The summed E-state index contributed by atoms with van der Waals surface area (Å²) in [5, 5.41) is 3.47. The molecule has 0 saturated carbocycles. The van der Waals surface area contributed by atoms with Gasteiger partial charge in [0.15, 0.2) is 5.49 Å². The van der Waals surface area contributed by atoms with E-state index in [1.807, 2.05) is 6.07 Å². The van der Waals surface area contributed by atoms with E-state index in [4.69, 9.17) is 5.73 Å². The van der Waals surface area contributed by atoms with Crippen LogP contribution in [-0.2, 0) is 18.6 Å². The number of piperidine rings is 1. The maximum Gasteiger partial charge on any atom is 0.266 e. The second-order valence-electron chi connectivity index (χ2n) is 9.21. The van der Waals surface area contributed by atoms with Gasteiger partial charge >= 0.3 is 0 Å². The van der Waals surface area contributed by atoms with Gasteiger partial charge in [0.05, 0.1) is 17.7 Å². The van der Waals surface area contributed by atoms with Gasteiger partial charge in [0, 0.05) is 29.8 Å². The first kappa shape index (κ1) is 22.8. The lowest BCUT2D eigenvalue weighted by atomic mass is 9.81. The summed E-state index contributed by atoms with van der Waals surface area (Å²) in [4.78, 5) is 16.0. The van der Waals surface area contributed by atoms with Crippen LogP contribution in [0.2, 0.25) is 0 Å². The smallest absolute Gasteiger partial charge is 0.266 e. The van der Waals surface area contributed by atoms with Crippen LogP contribution >= 0.6 is 0 Å². The number of fused-ring (bicyclic) bond motifs is 3. The highest BCUT2D eigenvalue weighted by Crippen LogP contribution is 2.39. The molecule has 1 fully saturated rings. The number of nitrogens with zero attached hydrogens (tertiary/aromatic N) is 5. The van der Waals surface area contributed by atoms with E-state index in [0.717, 1.165) is 67.9 Å². The van der Waals surface area contributed by atoms with Crippen LogP contribution in [0.5, 0.6) is 0 Å². The number of benzene rings is 1. The molecule has 1 saturated heterocycles. The number of nitrogens with two attached hydrogens (primary N) is 1. The van der Waals surface area contributed by atoms with Crippen molar-refractivity contribution in [1.29, 1.82) is 0 Å². The molecule has 3 N–H and O–H groups in total. The first-order valence-electron chi connectivity index (χ1n) is 11.5. The van der Waals surface area contributed by atoms with Crippen molar-refractivity contribution < 1.29 is 13.2 Å². The number of rotatable bonds is 4. The van der Waals surface area contributed by atoms with Crippen molar-refractivity contribution in [3.8, 4) is 11.4 Å². The van der Waals surface area contributed by atoms with E-state index >= 15 is 0 Å². The molecule has 0 spiro atoms. The molecule has 1 aromatic rings. The fourth-order valence-corrected chi connectivity index (χ4v) is 4.88. The highest BCUT2D eigenvalue weighted by Gasteiger charge is 2.37. The third-order valence-corrected chi connectivity index (χ3v) is 6.87. The fourth-order valence-electron chi connectivity index (χ4n) is 4.88. The van der Waals surface area contributed by atoms with E-state index in [0.29, 0.717) is 11.3 Å². The summed E-state index contributed by atoms with van der Waals surface area (Å²) >= 11 is 0. The van der Waals surface area contributed by atoms with Gasteiger partial charge in [-0.25, -0.2) is 23.1 Å². The van der Waals surface area contributed by atoms with E-state index in [2.05, 4.69) is 36.8 Å². The molecule has 0 unspecified atom stereocenters. The molecule has 0 amide bonds. The minimum absolute atomic E-state index is 0.100. The zero-order valence-electron chi connectivity index (χ0n) is 19.3. The van der Waals surface area contributed by atoms with Crippen LogP contribution in [0.25, 0.3) is 11.4 Å². The number of nitrogens with one attached hydrogen (secondary N) is 1. The van der Waals surface area contributed by atoms with Gasteiger partial charge in [0.25, 0.3) is 6.43 Å². The molecule has 0 radical (unpaired) electrons. The molecule has 10 heteroatoms. The third-order valence-electron chi connectivity index (χ3n) is 6.87. The average molecular weight is 472 g/mol. The number of aryl methyl sites for hydroxylation is 1. The number of halogens is 3. The summed E-state index contributed by atoms with van der Waals surface area (Å²) < 4.78 is 42.9. The second-order valence-corrected chi connectivity index (χ2v) is 9.21. The van der Waals surface area contributed by atoms with E-state index in [-0.39, 0.29) is 12.1 Å². The quantitative estimate of drug-likeness (QED) is 0.611. The Balaban J connectivity index is 1.64. The van der Waals surface area contributed by atoms with Crippen molar-refractivity contribution in [2.45, 2.75) is 44.8 Å². The second kappa shape index (κ2) is 8.66. The van der Waals surface area contributed by atoms with Crippen molar-refractivity contribution in [1.82, 2.24) is 19.4 Å². The van der Waals surface area contributed by atoms with Gasteiger partial charge in [-0.1, -0.05) is 18.2 Å².